The van der Waals surface area contributed by atoms with E-state index < -0.39 is 5.91 Å². The third kappa shape index (κ3) is 7.30. The minimum Gasteiger partial charge on any atom is -0.493 e. The molecule has 7 nitrogen and oxygen atoms in total. The Kier molecular flexibility index (Phi) is 10.1. The molecule has 1 aliphatic rings. The van der Waals surface area contributed by atoms with Gasteiger partial charge in [0, 0.05) is 36.4 Å². The monoisotopic (exact) mass is 553 g/mol. The van der Waals surface area contributed by atoms with E-state index in [0.29, 0.717) is 36.5 Å². The number of aryl methyl sites for hydroxylation is 3. The number of hydrogen-bond donors (Lipinski definition) is 2. The molecule has 0 spiro atoms. The second kappa shape index (κ2) is 13.9. The number of nitrogens with one attached hydrogen (secondary N) is 1. The second-order valence-electron chi connectivity index (χ2n) is 10.3. The molecule has 0 aromatic heterocycles. The molecule has 0 saturated carbocycles. The van der Waals surface area contributed by atoms with Gasteiger partial charge in [0.2, 0.25) is 0 Å². The number of aliphatic imine (C=N–C) groups is 1. The van der Waals surface area contributed by atoms with E-state index in [9.17, 15) is 14.7 Å². The van der Waals surface area contributed by atoms with Crippen LogP contribution < -0.4 is 15.0 Å². The molecule has 4 rings (SSSR count). The maximum atomic E-state index is 13.3. The summed E-state index contributed by atoms with van der Waals surface area (Å²) < 4.78 is 5.88. The van der Waals surface area contributed by atoms with Gasteiger partial charge in [0.05, 0.1) is 30.2 Å². The van der Waals surface area contributed by atoms with Crippen molar-refractivity contribution in [2.24, 2.45) is 4.99 Å². The van der Waals surface area contributed by atoms with Crippen LogP contribution in [0, 0.1) is 20.8 Å². The van der Waals surface area contributed by atoms with Crippen LogP contribution in [-0.2, 0) is 4.79 Å². The number of benzene rings is 3. The molecule has 3 aromatic rings. The smallest absolute Gasteiger partial charge is 0.255 e. The number of aliphatic hydroxyl groups is 1. The van der Waals surface area contributed by atoms with Crippen molar-refractivity contribution >= 4 is 28.8 Å². The highest BCUT2D eigenvalue weighted by Crippen LogP contribution is 2.29. The van der Waals surface area contributed by atoms with Crippen LogP contribution in [0.4, 0.5) is 11.4 Å². The number of ether oxygens (including phenoxy) is 1. The topological polar surface area (TPSA) is 91.2 Å². The van der Waals surface area contributed by atoms with E-state index in [-0.39, 0.29) is 18.0 Å². The number of anilines is 1. The van der Waals surface area contributed by atoms with Crippen LogP contribution in [0.3, 0.4) is 0 Å². The number of carbonyl (C=O) groups excluding carboxylic acids is 2. The maximum Gasteiger partial charge on any atom is 0.255 e. The molecular weight excluding hydrogens is 514 g/mol. The molecule has 1 amide bonds. The van der Waals surface area contributed by atoms with Crippen molar-refractivity contribution in [1.29, 1.82) is 0 Å². The zero-order valence-electron chi connectivity index (χ0n) is 24.4. The average Bonchev–Trinajstić information content (AvgIpc) is 2.96. The lowest BCUT2D eigenvalue weighted by atomic mass is 9.88. The summed E-state index contributed by atoms with van der Waals surface area (Å²) in [4.78, 5) is 33.3. The Morgan fingerprint density at radius 2 is 1.76 bits per heavy atom. The Balaban J connectivity index is 1.45. The fourth-order valence-electron chi connectivity index (χ4n) is 4.94. The lowest BCUT2D eigenvalue weighted by Crippen LogP contribution is -2.32. The van der Waals surface area contributed by atoms with Crippen molar-refractivity contribution in [1.82, 2.24) is 5.32 Å². The van der Waals surface area contributed by atoms with E-state index >= 15 is 0 Å². The van der Waals surface area contributed by atoms with Crippen molar-refractivity contribution in [3.05, 3.63) is 100 Å². The summed E-state index contributed by atoms with van der Waals surface area (Å²) in [6.07, 6.45) is 3.10. The lowest BCUT2D eigenvalue weighted by Gasteiger charge is -2.23. The van der Waals surface area contributed by atoms with Gasteiger partial charge in [-0.1, -0.05) is 42.0 Å². The molecule has 214 valence electrons. The number of nitrogens with zero attached hydrogens (tertiary/aromatic N) is 2. The number of unbranched alkanes of at least 4 members (excludes halogenated alkanes) is 1. The third-order valence-corrected chi connectivity index (χ3v) is 7.20. The van der Waals surface area contributed by atoms with Gasteiger partial charge < -0.3 is 20.1 Å². The summed E-state index contributed by atoms with van der Waals surface area (Å²) in [6, 6.07) is 19.3. The highest BCUT2D eigenvalue weighted by molar-refractivity contribution is 6.35. The van der Waals surface area contributed by atoms with Crippen molar-refractivity contribution in [3.8, 4) is 5.75 Å². The zero-order chi connectivity index (χ0) is 29.4. The maximum absolute atomic E-state index is 13.3. The summed E-state index contributed by atoms with van der Waals surface area (Å²) >= 11 is 0. The molecule has 0 unspecified atom stereocenters. The van der Waals surface area contributed by atoms with Gasteiger partial charge in [-0.2, -0.15) is 0 Å². The SMILES string of the molecule is CCN(CCO)c1ccc(N=C2C=C(C(=O)NCCCCOc3ccc(C)cc3C)C(=O)c3ccccc32)c(C)c1. The van der Waals surface area contributed by atoms with Gasteiger partial charge in [0.15, 0.2) is 5.78 Å². The molecule has 0 saturated heterocycles. The highest BCUT2D eigenvalue weighted by atomic mass is 16.5. The number of likely N-dealkylation sites (N-methyl/N-ethyl adjacent to an activating group) is 1. The van der Waals surface area contributed by atoms with Crippen molar-refractivity contribution in [2.75, 3.05) is 37.7 Å². The van der Waals surface area contributed by atoms with Crippen molar-refractivity contribution < 1.29 is 19.4 Å². The van der Waals surface area contributed by atoms with E-state index in [0.717, 1.165) is 47.6 Å². The Morgan fingerprint density at radius 3 is 2.46 bits per heavy atom. The van der Waals surface area contributed by atoms with Crippen LogP contribution in [0.25, 0.3) is 0 Å². The fraction of sp³-hybridized carbons (Fsp3) is 0.324. The largest absolute Gasteiger partial charge is 0.493 e. The normalized spacial score (nSPS) is 13.5. The summed E-state index contributed by atoms with van der Waals surface area (Å²) in [5, 5.41) is 12.3. The number of amides is 1. The van der Waals surface area contributed by atoms with Crippen molar-refractivity contribution in [2.45, 2.75) is 40.5 Å². The van der Waals surface area contributed by atoms with Crippen LogP contribution in [0.5, 0.6) is 5.75 Å². The number of aliphatic hydroxyl groups excluding tert-OH is 1. The number of allylic oxidation sites excluding steroid dienone is 1. The second-order valence-corrected chi connectivity index (χ2v) is 10.3. The van der Waals surface area contributed by atoms with Crippen LogP contribution in [0.15, 0.2) is 77.3 Å². The predicted octanol–water partition coefficient (Wildman–Crippen LogP) is 5.65. The van der Waals surface area contributed by atoms with Gasteiger partial charge in [-0.05, 0) is 82.0 Å². The standard InChI is InChI=1S/C34H39N3O4/c1-5-37(17-18-38)26-13-14-30(24(3)21-26)36-31-22-29(33(39)28-11-7-6-10-27(28)31)34(40)35-16-8-9-19-41-32-15-12-23(2)20-25(32)4/h6-7,10-15,20-22,38H,5,8-9,16-19H2,1-4H3,(H,35,40). The fourth-order valence-corrected chi connectivity index (χ4v) is 4.94. The first-order valence-corrected chi connectivity index (χ1v) is 14.2. The summed E-state index contributed by atoms with van der Waals surface area (Å²) in [5.74, 6) is 0.174. The number of ketones is 1. The molecule has 41 heavy (non-hydrogen) atoms. The van der Waals surface area contributed by atoms with E-state index in [1.165, 1.54) is 5.56 Å². The van der Waals surface area contributed by atoms with Gasteiger partial charge in [0.1, 0.15) is 5.75 Å². The molecule has 3 aromatic carbocycles. The first kappa shape index (κ1) is 29.7. The minimum absolute atomic E-state index is 0.0816. The van der Waals surface area contributed by atoms with Crippen LogP contribution in [-0.4, -0.2) is 55.4 Å². The zero-order valence-corrected chi connectivity index (χ0v) is 24.4. The first-order chi connectivity index (χ1) is 19.8. The number of Topliss-reactive ketones (excluding diaryl/α,β-unsaturated/α-hetero) is 1. The molecule has 0 aliphatic heterocycles. The molecule has 0 atom stereocenters. The molecule has 2 N–H and O–H groups in total. The minimum atomic E-state index is -0.401. The van der Waals surface area contributed by atoms with Gasteiger partial charge in [0.25, 0.3) is 5.91 Å². The van der Waals surface area contributed by atoms with Crippen molar-refractivity contribution in [3.63, 3.8) is 0 Å². The van der Waals surface area contributed by atoms with E-state index in [4.69, 9.17) is 9.73 Å². The average molecular weight is 554 g/mol. The Morgan fingerprint density at radius 1 is 0.976 bits per heavy atom. The molecule has 0 heterocycles. The van der Waals surface area contributed by atoms with Gasteiger partial charge >= 0.3 is 0 Å². The highest BCUT2D eigenvalue weighted by Gasteiger charge is 2.28. The van der Waals surface area contributed by atoms with Crippen LogP contribution in [0.2, 0.25) is 0 Å². The Labute approximate surface area is 242 Å². The van der Waals surface area contributed by atoms with Gasteiger partial charge in [-0.3, -0.25) is 9.59 Å². The van der Waals surface area contributed by atoms with E-state index in [1.807, 2.05) is 63.2 Å². The Hall–Kier alpha value is -4.23. The Bertz CT molecular complexity index is 1470. The molecule has 0 bridgehead atoms. The molecule has 0 radical (unpaired) electrons. The number of rotatable bonds is 12. The number of hydrogen-bond acceptors (Lipinski definition) is 6. The number of carbonyl (C=O) groups is 2. The molecule has 1 aliphatic carbocycles. The lowest BCUT2D eigenvalue weighted by molar-refractivity contribution is -0.117. The first-order valence-electron chi connectivity index (χ1n) is 14.2. The summed E-state index contributed by atoms with van der Waals surface area (Å²) in [6.45, 7) is 10.5. The predicted molar refractivity (Wildman–Crippen MR) is 165 cm³/mol. The van der Waals surface area contributed by atoms with Gasteiger partial charge in [-0.25, -0.2) is 4.99 Å². The summed E-state index contributed by atoms with van der Waals surface area (Å²) in [7, 11) is 0. The van der Waals surface area contributed by atoms with Crippen LogP contribution >= 0.6 is 0 Å². The van der Waals surface area contributed by atoms with Crippen LogP contribution in [0.1, 0.15) is 52.4 Å². The van der Waals surface area contributed by atoms with E-state index in [2.05, 4.69) is 23.2 Å². The quantitative estimate of drug-likeness (QED) is 0.223. The molecule has 0 fully saturated rings. The van der Waals surface area contributed by atoms with Gasteiger partial charge in [-0.15, -0.1) is 0 Å². The third-order valence-electron chi connectivity index (χ3n) is 7.20. The van der Waals surface area contributed by atoms with E-state index in [1.54, 1.807) is 18.2 Å². The summed E-state index contributed by atoms with van der Waals surface area (Å²) in [5.41, 5.74) is 6.87. The molecular formula is C34H39N3O4. The molecule has 7 heteroatoms. The number of fused-ring (bicyclic) bond motifs is 1.